The highest BCUT2D eigenvalue weighted by molar-refractivity contribution is 6.17. The van der Waals surface area contributed by atoms with Gasteiger partial charge in [-0.15, -0.1) is 11.6 Å². The van der Waals surface area contributed by atoms with Crippen molar-refractivity contribution in [3.63, 3.8) is 0 Å². The Labute approximate surface area is 124 Å². The smallest absolute Gasteiger partial charge is 0.339 e. The van der Waals surface area contributed by atoms with Crippen molar-refractivity contribution in [3.8, 4) is 11.5 Å². The molecule has 0 aliphatic rings. The molecule has 0 amide bonds. The maximum Gasteiger partial charge on any atom is 0.339 e. The van der Waals surface area contributed by atoms with E-state index < -0.39 is 11.4 Å². The Morgan fingerprint density at radius 1 is 1.10 bits per heavy atom. The van der Waals surface area contributed by atoms with Crippen LogP contribution in [0.4, 0.5) is 4.39 Å². The van der Waals surface area contributed by atoms with E-state index in [9.17, 15) is 9.18 Å². The van der Waals surface area contributed by atoms with Crippen LogP contribution in [0.25, 0.3) is 11.0 Å². The number of fused-ring (bicyclic) bond motifs is 1. The molecule has 1 heterocycles. The lowest BCUT2D eigenvalue weighted by Crippen LogP contribution is -2.00. The summed E-state index contributed by atoms with van der Waals surface area (Å²) in [5.41, 5.74) is 0.282. The topological polar surface area (TPSA) is 39.4 Å². The van der Waals surface area contributed by atoms with Crippen LogP contribution in [0.3, 0.4) is 0 Å². The fourth-order valence-electron chi connectivity index (χ4n) is 2.06. The molecule has 0 atom stereocenters. The molecule has 0 spiro atoms. The van der Waals surface area contributed by atoms with Crippen LogP contribution in [0.2, 0.25) is 0 Å². The van der Waals surface area contributed by atoms with E-state index in [-0.39, 0.29) is 22.6 Å². The van der Waals surface area contributed by atoms with E-state index >= 15 is 0 Å². The number of hydrogen-bond acceptors (Lipinski definition) is 3. The quantitative estimate of drug-likeness (QED) is 0.529. The fraction of sp³-hybridized carbons (Fsp3) is 0.0625. The van der Waals surface area contributed by atoms with Crippen molar-refractivity contribution in [1.82, 2.24) is 0 Å². The molecule has 0 N–H and O–H groups in total. The van der Waals surface area contributed by atoms with Crippen molar-refractivity contribution in [1.29, 1.82) is 0 Å². The standard InChI is InChI=1S/C16H10ClFO3/c17-9-10-4-1-2-6-12(10)20-14-8-15(19)21-13-7-3-5-11(18)16(13)14/h1-8H,9H2. The van der Waals surface area contributed by atoms with Crippen LogP contribution >= 0.6 is 11.6 Å². The second kappa shape index (κ2) is 5.58. The van der Waals surface area contributed by atoms with Crippen LogP contribution in [-0.2, 0) is 5.88 Å². The molecule has 3 rings (SSSR count). The zero-order valence-electron chi connectivity index (χ0n) is 10.8. The Morgan fingerprint density at radius 2 is 1.90 bits per heavy atom. The first-order chi connectivity index (χ1) is 10.2. The minimum absolute atomic E-state index is 0.108. The molecule has 1 aromatic heterocycles. The molecule has 21 heavy (non-hydrogen) atoms. The van der Waals surface area contributed by atoms with Gasteiger partial charge >= 0.3 is 5.63 Å². The van der Waals surface area contributed by atoms with E-state index in [1.54, 1.807) is 18.2 Å². The third-order valence-electron chi connectivity index (χ3n) is 3.02. The Bertz CT molecular complexity index is 858. The average molecular weight is 305 g/mol. The van der Waals surface area contributed by atoms with Gasteiger partial charge in [0.1, 0.15) is 22.9 Å². The SMILES string of the molecule is O=c1cc(Oc2ccccc2CCl)c2c(F)cccc2o1. The summed E-state index contributed by atoms with van der Waals surface area (Å²) in [5.74, 6) is 0.312. The van der Waals surface area contributed by atoms with Crippen LogP contribution < -0.4 is 10.4 Å². The Hall–Kier alpha value is -2.33. The van der Waals surface area contributed by atoms with Crippen molar-refractivity contribution in [2.75, 3.05) is 0 Å². The molecule has 0 unspecified atom stereocenters. The minimum Gasteiger partial charge on any atom is -0.456 e. The first-order valence-corrected chi connectivity index (χ1v) is 6.76. The lowest BCUT2D eigenvalue weighted by molar-refractivity contribution is 0.467. The number of ether oxygens (including phenoxy) is 1. The largest absolute Gasteiger partial charge is 0.456 e. The maximum atomic E-state index is 14.0. The highest BCUT2D eigenvalue weighted by Gasteiger charge is 2.13. The molecule has 5 heteroatoms. The molecular formula is C16H10ClFO3. The summed E-state index contributed by atoms with van der Waals surface area (Å²) < 4.78 is 24.7. The van der Waals surface area contributed by atoms with E-state index in [0.717, 1.165) is 11.6 Å². The number of hydrogen-bond donors (Lipinski definition) is 0. The van der Waals surface area contributed by atoms with Gasteiger partial charge < -0.3 is 9.15 Å². The summed E-state index contributed by atoms with van der Waals surface area (Å²) >= 11 is 5.84. The van der Waals surface area contributed by atoms with E-state index in [0.29, 0.717) is 5.75 Å². The summed E-state index contributed by atoms with van der Waals surface area (Å²) in [5, 5.41) is 0.126. The van der Waals surface area contributed by atoms with E-state index in [1.165, 1.54) is 18.2 Å². The van der Waals surface area contributed by atoms with Crippen molar-refractivity contribution in [2.24, 2.45) is 0 Å². The van der Waals surface area contributed by atoms with Gasteiger partial charge in [-0.25, -0.2) is 9.18 Å². The molecule has 0 fully saturated rings. The van der Waals surface area contributed by atoms with Crippen LogP contribution in [0.1, 0.15) is 5.56 Å². The molecule has 106 valence electrons. The zero-order valence-corrected chi connectivity index (χ0v) is 11.6. The molecule has 0 aliphatic carbocycles. The van der Waals surface area contributed by atoms with Gasteiger partial charge in [-0.1, -0.05) is 24.3 Å². The molecule has 3 nitrogen and oxygen atoms in total. The number of para-hydroxylation sites is 1. The Balaban J connectivity index is 2.18. The first-order valence-electron chi connectivity index (χ1n) is 6.23. The number of alkyl halides is 1. The maximum absolute atomic E-state index is 14.0. The third-order valence-corrected chi connectivity index (χ3v) is 3.31. The average Bonchev–Trinajstić information content (AvgIpc) is 2.47. The van der Waals surface area contributed by atoms with Gasteiger partial charge in [0.25, 0.3) is 0 Å². The molecule has 0 aliphatic heterocycles. The van der Waals surface area contributed by atoms with Gasteiger partial charge in [0.05, 0.1) is 17.3 Å². The molecule has 0 saturated heterocycles. The normalized spacial score (nSPS) is 10.8. The zero-order chi connectivity index (χ0) is 14.8. The van der Waals surface area contributed by atoms with Crippen LogP contribution in [0.5, 0.6) is 11.5 Å². The van der Waals surface area contributed by atoms with E-state index in [2.05, 4.69) is 0 Å². The summed E-state index contributed by atoms with van der Waals surface area (Å²) in [6.07, 6.45) is 0. The molecule has 0 saturated carbocycles. The van der Waals surface area contributed by atoms with Gasteiger partial charge in [-0.05, 0) is 18.2 Å². The second-order valence-electron chi connectivity index (χ2n) is 4.39. The van der Waals surface area contributed by atoms with Gasteiger partial charge in [0.15, 0.2) is 0 Å². The number of halogens is 2. The fourth-order valence-corrected chi connectivity index (χ4v) is 2.28. The van der Waals surface area contributed by atoms with Crippen LogP contribution in [-0.4, -0.2) is 0 Å². The molecule has 2 aromatic carbocycles. The first kappa shape index (κ1) is 13.6. The summed E-state index contributed by atoms with van der Waals surface area (Å²) in [6.45, 7) is 0. The highest BCUT2D eigenvalue weighted by Crippen LogP contribution is 2.32. The van der Waals surface area contributed by atoms with E-state index in [1.807, 2.05) is 6.07 Å². The van der Waals surface area contributed by atoms with Crippen LogP contribution in [0, 0.1) is 5.82 Å². The Kier molecular flexibility index (Phi) is 3.62. The van der Waals surface area contributed by atoms with Crippen molar-refractivity contribution in [3.05, 3.63) is 70.3 Å². The summed E-state index contributed by atoms with van der Waals surface area (Å²) in [7, 11) is 0. The Morgan fingerprint density at radius 3 is 2.71 bits per heavy atom. The highest BCUT2D eigenvalue weighted by atomic mass is 35.5. The summed E-state index contributed by atoms with van der Waals surface area (Å²) in [6, 6.07) is 12.5. The lowest BCUT2D eigenvalue weighted by atomic mass is 10.2. The second-order valence-corrected chi connectivity index (χ2v) is 4.65. The lowest BCUT2D eigenvalue weighted by Gasteiger charge is -2.11. The van der Waals surface area contributed by atoms with Crippen molar-refractivity contribution in [2.45, 2.75) is 5.88 Å². The molecule has 0 bridgehead atoms. The number of benzene rings is 2. The number of rotatable bonds is 3. The minimum atomic E-state index is -0.605. The molecule has 3 aromatic rings. The predicted octanol–water partition coefficient (Wildman–Crippen LogP) is 4.46. The van der Waals surface area contributed by atoms with Crippen LogP contribution in [0.15, 0.2) is 57.7 Å². The molecule has 0 radical (unpaired) electrons. The van der Waals surface area contributed by atoms with E-state index in [4.69, 9.17) is 20.8 Å². The van der Waals surface area contributed by atoms with Gasteiger partial charge in [0, 0.05) is 5.56 Å². The third kappa shape index (κ3) is 2.62. The molecular weight excluding hydrogens is 295 g/mol. The van der Waals surface area contributed by atoms with Crippen molar-refractivity contribution < 1.29 is 13.5 Å². The van der Waals surface area contributed by atoms with Gasteiger partial charge in [-0.3, -0.25) is 0 Å². The van der Waals surface area contributed by atoms with Gasteiger partial charge in [-0.2, -0.15) is 0 Å². The van der Waals surface area contributed by atoms with Gasteiger partial charge in [0.2, 0.25) is 0 Å². The summed E-state index contributed by atoms with van der Waals surface area (Å²) in [4.78, 5) is 11.6. The monoisotopic (exact) mass is 304 g/mol. The van der Waals surface area contributed by atoms with Crippen molar-refractivity contribution >= 4 is 22.6 Å². The predicted molar refractivity (Wildman–Crippen MR) is 78.5 cm³/mol.